The van der Waals surface area contributed by atoms with Crippen LogP contribution in [0.4, 0.5) is 0 Å². The molecule has 1 aromatic rings. The second-order valence-electron chi connectivity index (χ2n) is 6.64. The van der Waals surface area contributed by atoms with Crippen molar-refractivity contribution in [2.75, 3.05) is 13.1 Å². The summed E-state index contributed by atoms with van der Waals surface area (Å²) in [6.07, 6.45) is 5.27. The van der Waals surface area contributed by atoms with Gasteiger partial charge in [0.25, 0.3) is 0 Å². The van der Waals surface area contributed by atoms with Gasteiger partial charge in [0, 0.05) is 25.4 Å². The van der Waals surface area contributed by atoms with Gasteiger partial charge in [-0.3, -0.25) is 9.48 Å². The summed E-state index contributed by atoms with van der Waals surface area (Å²) in [5.41, 5.74) is 2.19. The van der Waals surface area contributed by atoms with Crippen LogP contribution in [0.3, 0.4) is 0 Å². The van der Waals surface area contributed by atoms with Crippen molar-refractivity contribution in [1.29, 1.82) is 0 Å². The number of hydrogen-bond acceptors (Lipinski definition) is 3. The van der Waals surface area contributed by atoms with Gasteiger partial charge in [0.2, 0.25) is 5.91 Å². The van der Waals surface area contributed by atoms with E-state index in [0.717, 1.165) is 43.6 Å². The summed E-state index contributed by atoms with van der Waals surface area (Å²) in [5.74, 6) is 0.211. The number of aromatic nitrogens is 2. The highest BCUT2D eigenvalue weighted by molar-refractivity contribution is 5.86. The van der Waals surface area contributed by atoms with Crippen LogP contribution in [0, 0.1) is 17.8 Å². The quantitative estimate of drug-likeness (QED) is 0.890. The topological polar surface area (TPSA) is 59.0 Å². The summed E-state index contributed by atoms with van der Waals surface area (Å²) in [6, 6.07) is 0. The molecule has 1 aliphatic heterocycles. The Morgan fingerprint density at radius 1 is 1.48 bits per heavy atom. The van der Waals surface area contributed by atoms with Crippen LogP contribution in [0.2, 0.25) is 0 Å². The van der Waals surface area contributed by atoms with E-state index in [-0.39, 0.29) is 29.1 Å². The van der Waals surface area contributed by atoms with E-state index in [9.17, 15) is 4.79 Å². The molecule has 0 radical (unpaired) electrons. The molecule has 1 saturated carbocycles. The van der Waals surface area contributed by atoms with E-state index < -0.39 is 0 Å². The fourth-order valence-electron chi connectivity index (χ4n) is 3.78. The molecule has 2 aliphatic rings. The van der Waals surface area contributed by atoms with Crippen molar-refractivity contribution < 1.29 is 4.79 Å². The van der Waals surface area contributed by atoms with E-state index in [4.69, 9.17) is 0 Å². The third-order valence-electron chi connectivity index (χ3n) is 5.35. The SMILES string of the molecule is Cc1nn(C)cc1CNC(=O)C1(C)CC12CCNCC2.Cl. The number of hydrogen-bond donors (Lipinski definition) is 2. The van der Waals surface area contributed by atoms with Gasteiger partial charge in [-0.05, 0) is 44.7 Å². The van der Waals surface area contributed by atoms with Gasteiger partial charge in [0.15, 0.2) is 0 Å². The average molecular weight is 313 g/mol. The number of nitrogens with one attached hydrogen (secondary N) is 2. The molecule has 3 rings (SSSR count). The number of halogens is 1. The molecular formula is C15H25ClN4O. The number of carbonyl (C=O) groups is 1. The van der Waals surface area contributed by atoms with Crippen molar-refractivity contribution >= 4 is 18.3 Å². The summed E-state index contributed by atoms with van der Waals surface area (Å²) in [4.78, 5) is 12.5. The third kappa shape index (κ3) is 2.69. The zero-order chi connectivity index (χ0) is 14.4. The predicted molar refractivity (Wildman–Crippen MR) is 84.3 cm³/mol. The minimum Gasteiger partial charge on any atom is -0.351 e. The van der Waals surface area contributed by atoms with Gasteiger partial charge in [-0.15, -0.1) is 12.4 Å². The van der Waals surface area contributed by atoms with E-state index in [1.54, 1.807) is 4.68 Å². The fourth-order valence-corrected chi connectivity index (χ4v) is 3.78. The van der Waals surface area contributed by atoms with Crippen molar-refractivity contribution in [3.05, 3.63) is 17.5 Å². The number of amides is 1. The molecule has 6 heteroatoms. The molecule has 1 aliphatic carbocycles. The van der Waals surface area contributed by atoms with Crippen LogP contribution in [-0.2, 0) is 18.4 Å². The van der Waals surface area contributed by atoms with Crippen LogP contribution in [0.15, 0.2) is 6.20 Å². The van der Waals surface area contributed by atoms with Crippen molar-refractivity contribution in [3.63, 3.8) is 0 Å². The predicted octanol–water partition coefficient (Wildman–Crippen LogP) is 1.55. The lowest BCUT2D eigenvalue weighted by Gasteiger charge is -2.27. The van der Waals surface area contributed by atoms with E-state index in [1.807, 2.05) is 20.2 Å². The smallest absolute Gasteiger partial charge is 0.226 e. The Hall–Kier alpha value is -1.07. The lowest BCUT2D eigenvalue weighted by molar-refractivity contribution is -0.127. The molecule has 2 N–H and O–H groups in total. The minimum absolute atomic E-state index is 0. The lowest BCUT2D eigenvalue weighted by atomic mass is 9.85. The maximum Gasteiger partial charge on any atom is 0.226 e. The Labute approximate surface area is 132 Å². The first-order chi connectivity index (χ1) is 9.47. The summed E-state index contributed by atoms with van der Waals surface area (Å²) in [6.45, 7) is 6.79. The second-order valence-corrected chi connectivity index (χ2v) is 6.64. The third-order valence-corrected chi connectivity index (χ3v) is 5.35. The number of piperidine rings is 1. The van der Waals surface area contributed by atoms with E-state index in [0.29, 0.717) is 6.54 Å². The highest BCUT2D eigenvalue weighted by atomic mass is 35.5. The van der Waals surface area contributed by atoms with Crippen molar-refractivity contribution in [2.24, 2.45) is 17.9 Å². The molecule has 1 amide bonds. The molecule has 1 saturated heterocycles. The Morgan fingerprint density at radius 3 is 2.71 bits per heavy atom. The maximum absolute atomic E-state index is 12.5. The van der Waals surface area contributed by atoms with E-state index in [2.05, 4.69) is 22.7 Å². The number of nitrogens with zero attached hydrogens (tertiary/aromatic N) is 2. The molecule has 2 fully saturated rings. The van der Waals surface area contributed by atoms with Crippen LogP contribution >= 0.6 is 12.4 Å². The van der Waals surface area contributed by atoms with Gasteiger partial charge in [-0.2, -0.15) is 5.10 Å². The zero-order valence-corrected chi connectivity index (χ0v) is 13.8. The van der Waals surface area contributed by atoms with Crippen LogP contribution in [0.5, 0.6) is 0 Å². The Kier molecular flexibility index (Phi) is 4.36. The molecule has 118 valence electrons. The minimum atomic E-state index is -0.161. The standard InChI is InChI=1S/C15H24N4O.ClH/c1-11-12(9-19(3)18-11)8-17-13(20)14(2)10-15(14)4-6-16-7-5-15;/h9,16H,4-8,10H2,1-3H3,(H,17,20);1H. The Bertz CT molecular complexity index is 536. The fraction of sp³-hybridized carbons (Fsp3) is 0.733. The monoisotopic (exact) mass is 312 g/mol. The van der Waals surface area contributed by atoms with Crippen molar-refractivity contribution in [2.45, 2.75) is 39.7 Å². The van der Waals surface area contributed by atoms with Crippen LogP contribution in [0.1, 0.15) is 37.4 Å². The van der Waals surface area contributed by atoms with Gasteiger partial charge in [0.05, 0.1) is 11.1 Å². The number of rotatable bonds is 3. The summed E-state index contributed by atoms with van der Waals surface area (Å²) in [7, 11) is 1.91. The van der Waals surface area contributed by atoms with Crippen molar-refractivity contribution in [1.82, 2.24) is 20.4 Å². The largest absolute Gasteiger partial charge is 0.351 e. The number of carbonyl (C=O) groups excluding carboxylic acids is 1. The average Bonchev–Trinajstić information content (AvgIpc) is 2.84. The van der Waals surface area contributed by atoms with Gasteiger partial charge in [-0.25, -0.2) is 0 Å². The molecule has 0 aromatic carbocycles. The Balaban J connectivity index is 0.00000161. The first kappa shape index (κ1) is 16.3. The number of aryl methyl sites for hydroxylation is 2. The molecule has 1 unspecified atom stereocenters. The van der Waals surface area contributed by atoms with Crippen LogP contribution in [-0.4, -0.2) is 28.8 Å². The van der Waals surface area contributed by atoms with Crippen molar-refractivity contribution in [3.8, 4) is 0 Å². The molecule has 1 aromatic heterocycles. The van der Waals surface area contributed by atoms with E-state index in [1.165, 1.54) is 0 Å². The first-order valence-corrected chi connectivity index (χ1v) is 7.45. The van der Waals surface area contributed by atoms with Gasteiger partial charge in [0.1, 0.15) is 0 Å². The molecular weight excluding hydrogens is 288 g/mol. The molecule has 21 heavy (non-hydrogen) atoms. The highest BCUT2D eigenvalue weighted by Gasteiger charge is 2.67. The van der Waals surface area contributed by atoms with E-state index >= 15 is 0 Å². The van der Waals surface area contributed by atoms with Gasteiger partial charge in [-0.1, -0.05) is 6.92 Å². The summed E-state index contributed by atoms with van der Waals surface area (Å²) >= 11 is 0. The first-order valence-electron chi connectivity index (χ1n) is 7.45. The highest BCUT2D eigenvalue weighted by Crippen LogP contribution is 2.68. The Morgan fingerprint density at radius 2 is 2.14 bits per heavy atom. The molecule has 2 heterocycles. The lowest BCUT2D eigenvalue weighted by Crippen LogP contribution is -2.38. The molecule has 5 nitrogen and oxygen atoms in total. The maximum atomic E-state index is 12.5. The second kappa shape index (κ2) is 5.61. The molecule has 1 atom stereocenters. The normalized spacial score (nSPS) is 26.2. The summed E-state index contributed by atoms with van der Waals surface area (Å²) < 4.78 is 1.80. The summed E-state index contributed by atoms with van der Waals surface area (Å²) in [5, 5.41) is 10.8. The van der Waals surface area contributed by atoms with Crippen LogP contribution in [0.25, 0.3) is 0 Å². The zero-order valence-electron chi connectivity index (χ0n) is 13.0. The van der Waals surface area contributed by atoms with Gasteiger partial charge < -0.3 is 10.6 Å². The van der Waals surface area contributed by atoms with Crippen LogP contribution < -0.4 is 10.6 Å². The molecule has 1 spiro atoms. The molecule has 0 bridgehead atoms. The van der Waals surface area contributed by atoms with Gasteiger partial charge >= 0.3 is 0 Å².